The molecule has 1 fully saturated rings. The van der Waals surface area contributed by atoms with Crippen LogP contribution >= 0.6 is 0 Å². The molecule has 0 atom stereocenters. The SMILES string of the molecule is Cc1cccc(C2OCCO2)c1F.[C-]#[O+].[C-]#[O+].[C-]#[O+].[Cr]. The Balaban J connectivity index is -0.000000368. The first-order valence-electron chi connectivity index (χ1n) is 4.88. The molecule has 1 aromatic carbocycles. The van der Waals surface area contributed by atoms with Crippen molar-refractivity contribution in [2.45, 2.75) is 13.2 Å². The first-order valence-corrected chi connectivity index (χ1v) is 4.88. The van der Waals surface area contributed by atoms with E-state index in [2.05, 4.69) is 20.0 Å². The summed E-state index contributed by atoms with van der Waals surface area (Å²) in [4.78, 5) is 0. The number of halogens is 1. The molecule has 1 aliphatic rings. The zero-order valence-electron chi connectivity index (χ0n) is 10.6. The Morgan fingerprint density at radius 1 is 1.05 bits per heavy atom. The minimum Gasteiger partial charge on any atom is 0 e. The maximum atomic E-state index is 13.5. The van der Waals surface area contributed by atoms with E-state index < -0.39 is 6.29 Å². The van der Waals surface area contributed by atoms with E-state index in [1.54, 1.807) is 25.1 Å². The molecule has 1 saturated heterocycles. The van der Waals surface area contributed by atoms with Gasteiger partial charge in [-0.05, 0) is 12.5 Å². The third-order valence-corrected chi connectivity index (χ3v) is 2.10. The Kier molecular flexibility index (Phi) is 19.0. The van der Waals surface area contributed by atoms with Crippen molar-refractivity contribution < 1.29 is 45.2 Å². The predicted molar refractivity (Wildman–Crippen MR) is 57.6 cm³/mol. The summed E-state index contributed by atoms with van der Waals surface area (Å²) in [6.07, 6.45) is -0.514. The Morgan fingerprint density at radius 2 is 1.50 bits per heavy atom. The zero-order valence-corrected chi connectivity index (χ0v) is 11.8. The van der Waals surface area contributed by atoms with Crippen molar-refractivity contribution >= 4 is 0 Å². The summed E-state index contributed by atoms with van der Waals surface area (Å²) in [5.41, 5.74) is 1.12. The standard InChI is InChI=1S/C10H11FO2.3CO.Cr/c1-7-3-2-4-8(9(7)11)10-12-5-6-13-10;3*1-2;/h2-4,10H,5-6H2,1H3;;;;. The van der Waals surface area contributed by atoms with Gasteiger partial charge in [-0.3, -0.25) is 0 Å². The summed E-state index contributed by atoms with van der Waals surface area (Å²) in [5.74, 6) is -0.227. The van der Waals surface area contributed by atoms with Crippen LogP contribution in [0.5, 0.6) is 0 Å². The van der Waals surface area contributed by atoms with Gasteiger partial charge in [-0.15, -0.1) is 0 Å². The molecule has 20 heavy (non-hydrogen) atoms. The van der Waals surface area contributed by atoms with E-state index in [1.165, 1.54) is 0 Å². The van der Waals surface area contributed by atoms with Crippen molar-refractivity contribution in [3.8, 4) is 0 Å². The molecule has 0 saturated carbocycles. The van der Waals surface area contributed by atoms with Crippen LogP contribution in [0.1, 0.15) is 17.4 Å². The van der Waals surface area contributed by atoms with E-state index in [-0.39, 0.29) is 23.2 Å². The molecule has 5 nitrogen and oxygen atoms in total. The van der Waals surface area contributed by atoms with Crippen molar-refractivity contribution in [3.63, 3.8) is 0 Å². The number of ether oxygens (including phenoxy) is 2. The van der Waals surface area contributed by atoms with Gasteiger partial charge in [0.1, 0.15) is 5.82 Å². The van der Waals surface area contributed by atoms with Gasteiger partial charge in [0, 0.05) is 22.9 Å². The predicted octanol–water partition coefficient (Wildman–Crippen LogP) is 2.06. The summed E-state index contributed by atoms with van der Waals surface area (Å²) in [5, 5.41) is 0. The van der Waals surface area contributed by atoms with E-state index in [4.69, 9.17) is 23.4 Å². The molecule has 7 heteroatoms. The second-order valence-electron chi connectivity index (χ2n) is 3.05. The van der Waals surface area contributed by atoms with Crippen LogP contribution < -0.4 is 0 Å². The molecule has 0 amide bonds. The third kappa shape index (κ3) is 7.42. The maximum Gasteiger partial charge on any atom is 0 e. The second kappa shape index (κ2) is 15.9. The molecule has 0 radical (unpaired) electrons. The average molecular weight is 318 g/mol. The molecule has 0 spiro atoms. The van der Waals surface area contributed by atoms with Gasteiger partial charge in [0.05, 0.1) is 13.2 Å². The molecule has 106 valence electrons. The first-order chi connectivity index (χ1) is 9.29. The number of rotatable bonds is 1. The number of benzene rings is 1. The third-order valence-electron chi connectivity index (χ3n) is 2.10. The molecule has 1 aliphatic heterocycles. The Labute approximate surface area is 127 Å². The quantitative estimate of drug-likeness (QED) is 0.587. The first kappa shape index (κ1) is 23.9. The van der Waals surface area contributed by atoms with Gasteiger partial charge >= 0.3 is 33.9 Å². The van der Waals surface area contributed by atoms with E-state index in [9.17, 15) is 4.39 Å². The number of hydrogen-bond donors (Lipinski definition) is 0. The molecule has 0 unspecified atom stereocenters. The van der Waals surface area contributed by atoms with Crippen LogP contribution in [0.4, 0.5) is 4.39 Å². The Hall–Kier alpha value is -1.18. The van der Waals surface area contributed by atoms with Crippen LogP contribution in [0.2, 0.25) is 0 Å². The van der Waals surface area contributed by atoms with Gasteiger partial charge in [-0.25, -0.2) is 4.39 Å². The van der Waals surface area contributed by atoms with Gasteiger partial charge in [0.25, 0.3) is 0 Å². The topological polar surface area (TPSA) is 78.2 Å². The van der Waals surface area contributed by atoms with Crippen molar-refractivity contribution in [1.82, 2.24) is 0 Å². The zero-order chi connectivity index (χ0) is 15.3. The Bertz CT molecular complexity index is 410. The fraction of sp³-hybridized carbons (Fsp3) is 0.308. The molecule has 0 N–H and O–H groups in total. The van der Waals surface area contributed by atoms with Crippen LogP contribution in [0, 0.1) is 32.7 Å². The summed E-state index contributed by atoms with van der Waals surface area (Å²) < 4.78 is 46.4. The summed E-state index contributed by atoms with van der Waals surface area (Å²) in [6, 6.07) is 5.23. The molecule has 0 bridgehead atoms. The second-order valence-corrected chi connectivity index (χ2v) is 3.05. The fourth-order valence-electron chi connectivity index (χ4n) is 1.39. The summed E-state index contributed by atoms with van der Waals surface area (Å²) >= 11 is 0. The largest absolute Gasteiger partial charge is 0 e. The van der Waals surface area contributed by atoms with Crippen LogP contribution in [0.3, 0.4) is 0 Å². The van der Waals surface area contributed by atoms with Crippen LogP contribution in [0.25, 0.3) is 0 Å². The summed E-state index contributed by atoms with van der Waals surface area (Å²) in [6.45, 7) is 16.3. The minimum atomic E-state index is -0.514. The monoisotopic (exact) mass is 318 g/mol. The van der Waals surface area contributed by atoms with Crippen molar-refractivity contribution in [3.05, 3.63) is 55.1 Å². The number of aryl methyl sites for hydroxylation is 1. The van der Waals surface area contributed by atoms with Crippen molar-refractivity contribution in [2.75, 3.05) is 13.2 Å². The van der Waals surface area contributed by atoms with Crippen LogP contribution in [-0.2, 0) is 40.8 Å². The van der Waals surface area contributed by atoms with E-state index >= 15 is 0 Å². The van der Waals surface area contributed by atoms with Crippen molar-refractivity contribution in [1.29, 1.82) is 0 Å². The Morgan fingerprint density at radius 3 is 1.95 bits per heavy atom. The van der Waals surface area contributed by atoms with Crippen molar-refractivity contribution in [2.24, 2.45) is 0 Å². The van der Waals surface area contributed by atoms with E-state index in [0.29, 0.717) is 24.3 Å². The molecule has 0 aliphatic carbocycles. The van der Waals surface area contributed by atoms with E-state index in [0.717, 1.165) is 0 Å². The molecule has 0 aromatic heterocycles. The molecular formula is C13H11CrFO5. The maximum absolute atomic E-state index is 13.5. The molecular weight excluding hydrogens is 307 g/mol. The van der Waals surface area contributed by atoms with Gasteiger partial charge in [0.15, 0.2) is 6.29 Å². The smallest absolute Gasteiger partial charge is 0 e. The van der Waals surface area contributed by atoms with Crippen LogP contribution in [-0.4, -0.2) is 13.2 Å². The summed E-state index contributed by atoms with van der Waals surface area (Å²) in [7, 11) is 0. The van der Waals surface area contributed by atoms with E-state index in [1.807, 2.05) is 0 Å². The molecule has 1 aromatic rings. The van der Waals surface area contributed by atoms with Gasteiger partial charge in [0.2, 0.25) is 0 Å². The normalized spacial score (nSPS) is 12.0. The van der Waals surface area contributed by atoms with Gasteiger partial charge in [-0.2, -0.15) is 0 Å². The fourth-order valence-corrected chi connectivity index (χ4v) is 1.39. The molecule has 1 heterocycles. The minimum absolute atomic E-state index is 0. The average Bonchev–Trinajstić information content (AvgIpc) is 3.02. The van der Waals surface area contributed by atoms with Gasteiger partial charge in [-0.1, -0.05) is 18.2 Å². The van der Waals surface area contributed by atoms with Crippen LogP contribution in [0.15, 0.2) is 18.2 Å². The molecule has 2 rings (SSSR count). The van der Waals surface area contributed by atoms with Gasteiger partial charge < -0.3 is 9.47 Å². The number of hydrogen-bond acceptors (Lipinski definition) is 2.